The molecular weight excluding hydrogens is 324 g/mol. The normalized spacial score (nSPS) is 13.0. The number of aromatic nitrogens is 2. The minimum atomic E-state index is 0.111. The molecule has 26 heavy (non-hydrogen) atoms. The maximum atomic E-state index is 5.88. The zero-order valence-corrected chi connectivity index (χ0v) is 15.0. The van der Waals surface area contributed by atoms with Gasteiger partial charge in [0.05, 0.1) is 11.8 Å². The standard InChI is InChI=1S/C21H22N4O/c1-15(2)26-19-10-6-4-8-17(19)24-20-13-21(23-14-22-20)25-12-11-16-7-3-5-9-18(16)25/h3-10,13-15H,11-12H2,1-2H3,(H,22,23,24). The molecule has 2 heterocycles. The van der Waals surface area contributed by atoms with E-state index in [4.69, 9.17) is 4.74 Å². The Hall–Kier alpha value is -3.08. The highest BCUT2D eigenvalue weighted by Gasteiger charge is 2.21. The van der Waals surface area contributed by atoms with Crippen LogP contribution < -0.4 is 15.0 Å². The molecule has 4 rings (SSSR count). The number of ether oxygens (including phenoxy) is 1. The minimum Gasteiger partial charge on any atom is -0.489 e. The predicted molar refractivity (Wildman–Crippen MR) is 105 cm³/mol. The summed E-state index contributed by atoms with van der Waals surface area (Å²) in [6.45, 7) is 4.97. The van der Waals surface area contributed by atoms with Crippen LogP contribution in [0.25, 0.3) is 0 Å². The largest absolute Gasteiger partial charge is 0.489 e. The molecule has 0 radical (unpaired) electrons. The van der Waals surface area contributed by atoms with Gasteiger partial charge >= 0.3 is 0 Å². The molecule has 5 heteroatoms. The van der Waals surface area contributed by atoms with Crippen LogP contribution in [0.2, 0.25) is 0 Å². The smallest absolute Gasteiger partial charge is 0.143 e. The number of para-hydroxylation sites is 3. The number of rotatable bonds is 5. The second kappa shape index (κ2) is 7.04. The van der Waals surface area contributed by atoms with Crippen molar-refractivity contribution >= 4 is 23.0 Å². The number of hydrogen-bond acceptors (Lipinski definition) is 5. The van der Waals surface area contributed by atoms with E-state index in [1.807, 2.05) is 44.2 Å². The third-order valence-electron chi connectivity index (χ3n) is 4.33. The van der Waals surface area contributed by atoms with Crippen LogP contribution in [-0.4, -0.2) is 22.6 Å². The average Bonchev–Trinajstić information content (AvgIpc) is 3.07. The minimum absolute atomic E-state index is 0.111. The van der Waals surface area contributed by atoms with Crippen molar-refractivity contribution in [2.45, 2.75) is 26.4 Å². The summed E-state index contributed by atoms with van der Waals surface area (Å²) in [5.41, 5.74) is 3.48. The van der Waals surface area contributed by atoms with E-state index in [-0.39, 0.29) is 6.10 Å². The summed E-state index contributed by atoms with van der Waals surface area (Å²) in [7, 11) is 0. The van der Waals surface area contributed by atoms with E-state index in [2.05, 4.69) is 44.5 Å². The molecule has 132 valence electrons. The monoisotopic (exact) mass is 346 g/mol. The van der Waals surface area contributed by atoms with Gasteiger partial charge in [0, 0.05) is 18.3 Å². The zero-order chi connectivity index (χ0) is 17.9. The average molecular weight is 346 g/mol. The molecule has 0 spiro atoms. The summed E-state index contributed by atoms with van der Waals surface area (Å²) in [6, 6.07) is 18.3. The van der Waals surface area contributed by atoms with Crippen molar-refractivity contribution in [3.63, 3.8) is 0 Å². The van der Waals surface area contributed by atoms with Gasteiger partial charge in [-0.1, -0.05) is 30.3 Å². The molecule has 0 unspecified atom stereocenters. The quantitative estimate of drug-likeness (QED) is 0.725. The summed E-state index contributed by atoms with van der Waals surface area (Å²) in [4.78, 5) is 11.1. The molecule has 0 bridgehead atoms. The van der Waals surface area contributed by atoms with Gasteiger partial charge in [0.15, 0.2) is 0 Å². The van der Waals surface area contributed by atoms with E-state index in [9.17, 15) is 0 Å². The lowest BCUT2D eigenvalue weighted by Crippen LogP contribution is -2.15. The lowest BCUT2D eigenvalue weighted by atomic mass is 10.2. The molecule has 5 nitrogen and oxygen atoms in total. The Morgan fingerprint density at radius 2 is 1.85 bits per heavy atom. The molecule has 0 saturated heterocycles. The summed E-state index contributed by atoms with van der Waals surface area (Å²) < 4.78 is 5.88. The Bertz CT molecular complexity index is 910. The van der Waals surface area contributed by atoms with Gasteiger partial charge in [-0.15, -0.1) is 0 Å². The molecule has 0 amide bonds. The fourth-order valence-corrected chi connectivity index (χ4v) is 3.20. The van der Waals surface area contributed by atoms with Crippen molar-refractivity contribution in [2.75, 3.05) is 16.8 Å². The van der Waals surface area contributed by atoms with E-state index in [1.165, 1.54) is 11.3 Å². The van der Waals surface area contributed by atoms with Crippen LogP contribution in [-0.2, 0) is 6.42 Å². The molecule has 0 fully saturated rings. The van der Waals surface area contributed by atoms with Crippen molar-refractivity contribution in [1.29, 1.82) is 0 Å². The van der Waals surface area contributed by atoms with Gasteiger partial charge in [0.1, 0.15) is 23.7 Å². The maximum absolute atomic E-state index is 5.88. The lowest BCUT2D eigenvalue weighted by molar-refractivity contribution is 0.244. The first-order valence-corrected chi connectivity index (χ1v) is 8.91. The fourth-order valence-electron chi connectivity index (χ4n) is 3.20. The third-order valence-corrected chi connectivity index (χ3v) is 4.33. The van der Waals surface area contributed by atoms with Crippen LogP contribution in [0.1, 0.15) is 19.4 Å². The predicted octanol–water partition coefficient (Wildman–Crippen LogP) is 4.70. The van der Waals surface area contributed by atoms with Crippen molar-refractivity contribution in [2.24, 2.45) is 0 Å². The topological polar surface area (TPSA) is 50.3 Å². The summed E-state index contributed by atoms with van der Waals surface area (Å²) in [5, 5.41) is 3.36. The summed E-state index contributed by atoms with van der Waals surface area (Å²) in [6.07, 6.45) is 2.75. The summed E-state index contributed by atoms with van der Waals surface area (Å²) in [5.74, 6) is 2.46. The Labute approximate surface area is 153 Å². The second-order valence-electron chi connectivity index (χ2n) is 6.58. The molecular formula is C21H22N4O. The van der Waals surface area contributed by atoms with Crippen LogP contribution in [0, 0.1) is 0 Å². The van der Waals surface area contributed by atoms with Crippen molar-refractivity contribution in [3.05, 3.63) is 66.5 Å². The van der Waals surface area contributed by atoms with Crippen LogP contribution in [0.4, 0.5) is 23.0 Å². The van der Waals surface area contributed by atoms with Crippen LogP contribution in [0.15, 0.2) is 60.9 Å². The van der Waals surface area contributed by atoms with Crippen LogP contribution in [0.3, 0.4) is 0 Å². The fraction of sp³-hybridized carbons (Fsp3) is 0.238. The van der Waals surface area contributed by atoms with Crippen LogP contribution in [0.5, 0.6) is 5.75 Å². The van der Waals surface area contributed by atoms with Gasteiger partial charge in [-0.05, 0) is 44.0 Å². The van der Waals surface area contributed by atoms with Gasteiger partial charge in [0.2, 0.25) is 0 Å². The molecule has 1 aliphatic rings. The number of anilines is 4. The SMILES string of the molecule is CC(C)Oc1ccccc1Nc1cc(N2CCc3ccccc32)ncn1. The molecule has 2 aromatic carbocycles. The molecule has 1 aliphatic heterocycles. The Kier molecular flexibility index (Phi) is 4.44. The highest BCUT2D eigenvalue weighted by atomic mass is 16.5. The molecule has 1 aromatic heterocycles. The third kappa shape index (κ3) is 3.33. The number of nitrogens with zero attached hydrogens (tertiary/aromatic N) is 3. The van der Waals surface area contributed by atoms with Crippen molar-refractivity contribution < 1.29 is 4.74 Å². The van der Waals surface area contributed by atoms with E-state index < -0.39 is 0 Å². The molecule has 1 N–H and O–H groups in total. The zero-order valence-electron chi connectivity index (χ0n) is 15.0. The first-order chi connectivity index (χ1) is 12.7. The molecule has 0 atom stereocenters. The van der Waals surface area contributed by atoms with Gasteiger partial charge in [-0.2, -0.15) is 0 Å². The number of nitrogens with one attached hydrogen (secondary N) is 1. The number of benzene rings is 2. The highest BCUT2D eigenvalue weighted by molar-refractivity contribution is 5.71. The first kappa shape index (κ1) is 16.4. The Balaban J connectivity index is 1.60. The van der Waals surface area contributed by atoms with Gasteiger partial charge in [-0.3, -0.25) is 0 Å². The van der Waals surface area contributed by atoms with Gasteiger partial charge < -0.3 is 15.0 Å². The van der Waals surface area contributed by atoms with Crippen LogP contribution >= 0.6 is 0 Å². The maximum Gasteiger partial charge on any atom is 0.143 e. The summed E-state index contributed by atoms with van der Waals surface area (Å²) >= 11 is 0. The van der Waals surface area contributed by atoms with E-state index in [1.54, 1.807) is 6.33 Å². The van der Waals surface area contributed by atoms with E-state index >= 15 is 0 Å². The van der Waals surface area contributed by atoms with E-state index in [0.29, 0.717) is 0 Å². The second-order valence-corrected chi connectivity index (χ2v) is 6.58. The lowest BCUT2D eigenvalue weighted by Gasteiger charge is -2.19. The molecule has 0 aliphatic carbocycles. The van der Waals surface area contributed by atoms with Crippen molar-refractivity contribution in [1.82, 2.24) is 9.97 Å². The van der Waals surface area contributed by atoms with Gasteiger partial charge in [-0.25, -0.2) is 9.97 Å². The van der Waals surface area contributed by atoms with Gasteiger partial charge in [0.25, 0.3) is 0 Å². The molecule has 3 aromatic rings. The Morgan fingerprint density at radius 1 is 1.04 bits per heavy atom. The van der Waals surface area contributed by atoms with Crippen molar-refractivity contribution in [3.8, 4) is 5.75 Å². The van der Waals surface area contributed by atoms with E-state index in [0.717, 1.165) is 36.0 Å². The number of hydrogen-bond donors (Lipinski definition) is 1. The molecule has 0 saturated carbocycles. The Morgan fingerprint density at radius 3 is 2.73 bits per heavy atom. The highest BCUT2D eigenvalue weighted by Crippen LogP contribution is 2.34. The first-order valence-electron chi connectivity index (χ1n) is 8.91. The number of fused-ring (bicyclic) bond motifs is 1.